The van der Waals surface area contributed by atoms with E-state index >= 15 is 0 Å². The van der Waals surface area contributed by atoms with E-state index in [-0.39, 0.29) is 30.2 Å². The summed E-state index contributed by atoms with van der Waals surface area (Å²) in [6.45, 7) is 4.44. The molecule has 0 bridgehead atoms. The average Bonchev–Trinajstić information content (AvgIpc) is 3.13. The van der Waals surface area contributed by atoms with Crippen molar-refractivity contribution in [1.29, 1.82) is 0 Å². The van der Waals surface area contributed by atoms with Gasteiger partial charge in [0.05, 0.1) is 16.6 Å². The Kier molecular flexibility index (Phi) is 5.45. The van der Waals surface area contributed by atoms with E-state index in [1.807, 2.05) is 25.1 Å². The quantitative estimate of drug-likeness (QED) is 0.862. The summed E-state index contributed by atoms with van der Waals surface area (Å²) in [5.41, 5.74) is 0.673. The number of benzene rings is 1. The molecule has 1 fully saturated rings. The zero-order valence-corrected chi connectivity index (χ0v) is 15.9. The third-order valence-electron chi connectivity index (χ3n) is 4.33. The number of thiophene rings is 1. The zero-order chi connectivity index (χ0) is 18.0. The van der Waals surface area contributed by atoms with E-state index in [0.29, 0.717) is 17.3 Å². The van der Waals surface area contributed by atoms with Gasteiger partial charge >= 0.3 is 0 Å². The second kappa shape index (κ2) is 7.58. The molecule has 4 nitrogen and oxygen atoms in total. The van der Waals surface area contributed by atoms with Gasteiger partial charge in [0.1, 0.15) is 0 Å². The summed E-state index contributed by atoms with van der Waals surface area (Å²) in [5, 5.41) is 3.57. The van der Waals surface area contributed by atoms with Crippen molar-refractivity contribution in [2.45, 2.75) is 32.7 Å². The number of rotatable bonds is 5. The number of halogens is 1. The number of hydrogen-bond donors (Lipinski definition) is 1. The van der Waals surface area contributed by atoms with Gasteiger partial charge in [-0.15, -0.1) is 11.3 Å². The number of para-hydroxylation sites is 1. The lowest BCUT2D eigenvalue weighted by Crippen LogP contribution is -2.39. The second-order valence-electron chi connectivity index (χ2n) is 6.48. The summed E-state index contributed by atoms with van der Waals surface area (Å²) in [6.07, 6.45) is 1.03. The van der Waals surface area contributed by atoms with E-state index in [1.165, 1.54) is 9.75 Å². The number of nitrogens with zero attached hydrogens (tertiary/aromatic N) is 1. The number of carbonyl (C=O) groups excluding carboxylic acids is 2. The Balaban J connectivity index is 1.60. The van der Waals surface area contributed by atoms with Crippen LogP contribution >= 0.6 is 22.9 Å². The molecule has 132 valence electrons. The predicted molar refractivity (Wildman–Crippen MR) is 102 cm³/mol. The van der Waals surface area contributed by atoms with Gasteiger partial charge in [0, 0.05) is 35.2 Å². The molecule has 1 aromatic heterocycles. The fraction of sp³-hybridized carbons (Fsp3) is 0.368. The minimum absolute atomic E-state index is 0.0371. The van der Waals surface area contributed by atoms with Crippen molar-refractivity contribution >= 4 is 40.4 Å². The van der Waals surface area contributed by atoms with E-state index in [2.05, 4.69) is 24.4 Å². The lowest BCUT2D eigenvalue weighted by Gasteiger charge is -2.19. The SMILES string of the molecule is Cc1ccc(CC(C)NC(=O)C2CC(=O)N(c3ccccc3Cl)C2)s1. The van der Waals surface area contributed by atoms with Gasteiger partial charge in [0.2, 0.25) is 11.8 Å². The molecule has 1 aromatic carbocycles. The normalized spacial score (nSPS) is 18.4. The molecule has 1 aliphatic heterocycles. The van der Waals surface area contributed by atoms with Gasteiger partial charge in [0.25, 0.3) is 0 Å². The van der Waals surface area contributed by atoms with E-state index in [4.69, 9.17) is 11.6 Å². The van der Waals surface area contributed by atoms with Crippen LogP contribution in [0.1, 0.15) is 23.1 Å². The lowest BCUT2D eigenvalue weighted by molar-refractivity contribution is -0.126. The number of aryl methyl sites for hydroxylation is 1. The third kappa shape index (κ3) is 4.22. The fourth-order valence-electron chi connectivity index (χ4n) is 3.10. The molecule has 2 atom stereocenters. The van der Waals surface area contributed by atoms with Gasteiger partial charge < -0.3 is 10.2 Å². The van der Waals surface area contributed by atoms with E-state index in [9.17, 15) is 9.59 Å². The number of carbonyl (C=O) groups is 2. The molecule has 0 aliphatic carbocycles. The van der Waals surface area contributed by atoms with Crippen LogP contribution in [0.15, 0.2) is 36.4 Å². The van der Waals surface area contributed by atoms with E-state index in [1.54, 1.807) is 22.3 Å². The first-order valence-corrected chi connectivity index (χ1v) is 9.54. The van der Waals surface area contributed by atoms with Crippen molar-refractivity contribution in [2.75, 3.05) is 11.4 Å². The van der Waals surface area contributed by atoms with E-state index < -0.39 is 0 Å². The molecular formula is C19H21ClN2O2S. The highest BCUT2D eigenvalue weighted by Crippen LogP contribution is 2.31. The molecule has 0 saturated carbocycles. The third-order valence-corrected chi connectivity index (χ3v) is 5.67. The topological polar surface area (TPSA) is 49.4 Å². The molecule has 2 aromatic rings. The highest BCUT2D eigenvalue weighted by Gasteiger charge is 2.36. The van der Waals surface area contributed by atoms with Gasteiger partial charge in [-0.2, -0.15) is 0 Å². The van der Waals surface area contributed by atoms with Crippen molar-refractivity contribution in [2.24, 2.45) is 5.92 Å². The summed E-state index contributed by atoms with van der Waals surface area (Å²) < 4.78 is 0. The maximum atomic E-state index is 12.5. The maximum absolute atomic E-state index is 12.5. The first-order valence-electron chi connectivity index (χ1n) is 8.34. The first-order chi connectivity index (χ1) is 11.9. The van der Waals surface area contributed by atoms with Crippen LogP contribution in [0.5, 0.6) is 0 Å². The van der Waals surface area contributed by atoms with Crippen molar-refractivity contribution in [3.8, 4) is 0 Å². The van der Waals surface area contributed by atoms with Crippen LogP contribution in [0.4, 0.5) is 5.69 Å². The number of amides is 2. The average molecular weight is 377 g/mol. The molecule has 0 radical (unpaired) electrons. The monoisotopic (exact) mass is 376 g/mol. The number of nitrogens with one attached hydrogen (secondary N) is 1. The fourth-order valence-corrected chi connectivity index (χ4v) is 4.35. The Morgan fingerprint density at radius 2 is 2.12 bits per heavy atom. The molecular weight excluding hydrogens is 356 g/mol. The predicted octanol–water partition coefficient (Wildman–Crippen LogP) is 3.81. The number of hydrogen-bond acceptors (Lipinski definition) is 3. The minimum Gasteiger partial charge on any atom is -0.353 e. The Morgan fingerprint density at radius 3 is 2.80 bits per heavy atom. The van der Waals surface area contributed by atoms with Crippen LogP contribution in [0, 0.1) is 12.8 Å². The largest absolute Gasteiger partial charge is 0.353 e. The molecule has 2 unspecified atom stereocenters. The van der Waals surface area contributed by atoms with Gasteiger partial charge in [-0.3, -0.25) is 9.59 Å². The Bertz CT molecular complexity index is 789. The van der Waals surface area contributed by atoms with Gasteiger partial charge in [-0.25, -0.2) is 0 Å². The molecule has 1 saturated heterocycles. The summed E-state index contributed by atoms with van der Waals surface area (Å²) >= 11 is 7.93. The van der Waals surface area contributed by atoms with E-state index in [0.717, 1.165) is 6.42 Å². The summed E-state index contributed by atoms with van der Waals surface area (Å²) in [7, 11) is 0. The van der Waals surface area contributed by atoms with Crippen molar-refractivity contribution in [1.82, 2.24) is 5.32 Å². The summed E-state index contributed by atoms with van der Waals surface area (Å²) in [5.74, 6) is -0.463. The van der Waals surface area contributed by atoms with Crippen molar-refractivity contribution in [3.63, 3.8) is 0 Å². The lowest BCUT2D eigenvalue weighted by atomic mass is 10.1. The molecule has 3 rings (SSSR count). The van der Waals surface area contributed by atoms with Gasteiger partial charge in [-0.1, -0.05) is 23.7 Å². The highest BCUT2D eigenvalue weighted by molar-refractivity contribution is 7.11. The Morgan fingerprint density at radius 1 is 1.36 bits per heavy atom. The van der Waals surface area contributed by atoms with Crippen molar-refractivity contribution in [3.05, 3.63) is 51.2 Å². The zero-order valence-electron chi connectivity index (χ0n) is 14.3. The smallest absolute Gasteiger partial charge is 0.227 e. The molecule has 6 heteroatoms. The van der Waals surface area contributed by atoms with Crippen LogP contribution < -0.4 is 10.2 Å². The van der Waals surface area contributed by atoms with Crippen LogP contribution in [-0.2, 0) is 16.0 Å². The number of anilines is 1. The minimum atomic E-state index is -0.337. The molecule has 2 heterocycles. The second-order valence-corrected chi connectivity index (χ2v) is 8.26. The van der Waals surface area contributed by atoms with Gasteiger partial charge in [0.15, 0.2) is 0 Å². The van der Waals surface area contributed by atoms with Gasteiger partial charge in [-0.05, 0) is 38.1 Å². The standard InChI is InChI=1S/C19H21ClN2O2S/c1-12(9-15-8-7-13(2)25-15)21-19(24)14-10-18(23)22(11-14)17-6-4-3-5-16(17)20/h3-8,12,14H,9-11H2,1-2H3,(H,21,24). The molecule has 0 spiro atoms. The molecule has 1 N–H and O–H groups in total. The molecule has 2 amide bonds. The van der Waals surface area contributed by atoms with Crippen LogP contribution in [-0.4, -0.2) is 24.4 Å². The highest BCUT2D eigenvalue weighted by atomic mass is 35.5. The van der Waals surface area contributed by atoms with Crippen molar-refractivity contribution < 1.29 is 9.59 Å². The summed E-state index contributed by atoms with van der Waals surface area (Å²) in [6, 6.07) is 11.4. The Hall–Kier alpha value is -1.85. The maximum Gasteiger partial charge on any atom is 0.227 e. The first kappa shape index (κ1) is 18.0. The summed E-state index contributed by atoms with van der Waals surface area (Å²) in [4.78, 5) is 29.0. The van der Waals surface area contributed by atoms with Crippen LogP contribution in [0.3, 0.4) is 0 Å². The Labute approximate surface area is 156 Å². The van der Waals surface area contributed by atoms with Crippen LogP contribution in [0.25, 0.3) is 0 Å². The molecule has 25 heavy (non-hydrogen) atoms. The molecule has 1 aliphatic rings. The van der Waals surface area contributed by atoms with Crippen LogP contribution in [0.2, 0.25) is 5.02 Å².